The average molecular weight is 424 g/mol. The highest BCUT2D eigenvalue weighted by Gasteiger charge is 2.12. The van der Waals surface area contributed by atoms with Gasteiger partial charge in [0.1, 0.15) is 11.5 Å². The van der Waals surface area contributed by atoms with Crippen molar-refractivity contribution in [1.82, 2.24) is 5.43 Å². The highest BCUT2D eigenvalue weighted by molar-refractivity contribution is 6.05. The Morgan fingerprint density at radius 1 is 0.781 bits per heavy atom. The Kier molecular flexibility index (Phi) is 6.53. The van der Waals surface area contributed by atoms with Gasteiger partial charge in [0.15, 0.2) is 6.61 Å². The van der Waals surface area contributed by atoms with Crippen LogP contribution in [0.25, 0.3) is 10.8 Å². The molecule has 4 aromatic carbocycles. The third-order valence-corrected chi connectivity index (χ3v) is 4.62. The highest BCUT2D eigenvalue weighted by atomic mass is 16.5. The first-order chi connectivity index (χ1) is 15.7. The number of rotatable bonds is 7. The Morgan fingerprint density at radius 2 is 1.50 bits per heavy atom. The van der Waals surface area contributed by atoms with Gasteiger partial charge in [-0.05, 0) is 58.8 Å². The molecule has 1 amide bonds. The molecule has 0 atom stereocenters. The summed E-state index contributed by atoms with van der Waals surface area (Å²) in [5.41, 5.74) is 3.65. The molecule has 4 rings (SSSR count). The van der Waals surface area contributed by atoms with Gasteiger partial charge in [0.05, 0.1) is 11.8 Å². The Balaban J connectivity index is 1.31. The average Bonchev–Trinajstić information content (AvgIpc) is 2.84. The van der Waals surface area contributed by atoms with Crippen molar-refractivity contribution in [3.63, 3.8) is 0 Å². The highest BCUT2D eigenvalue weighted by Crippen LogP contribution is 2.21. The predicted octanol–water partition coefficient (Wildman–Crippen LogP) is 4.59. The normalized spacial score (nSPS) is 10.8. The van der Waals surface area contributed by atoms with E-state index in [-0.39, 0.29) is 12.5 Å². The molecule has 0 radical (unpaired) electrons. The second-order valence-corrected chi connectivity index (χ2v) is 6.88. The molecule has 0 bridgehead atoms. The zero-order valence-electron chi connectivity index (χ0n) is 17.1. The molecule has 0 aromatic heterocycles. The number of hydrazone groups is 1. The summed E-state index contributed by atoms with van der Waals surface area (Å²) >= 11 is 0. The van der Waals surface area contributed by atoms with Crippen molar-refractivity contribution in [3.8, 4) is 11.5 Å². The van der Waals surface area contributed by atoms with Gasteiger partial charge >= 0.3 is 5.97 Å². The van der Waals surface area contributed by atoms with Crippen molar-refractivity contribution in [2.45, 2.75) is 0 Å². The molecule has 1 N–H and O–H groups in total. The van der Waals surface area contributed by atoms with E-state index in [1.165, 1.54) is 6.21 Å². The Bertz CT molecular complexity index is 1250. The lowest BCUT2D eigenvalue weighted by Gasteiger charge is -2.07. The summed E-state index contributed by atoms with van der Waals surface area (Å²) < 4.78 is 10.9. The molecule has 0 aliphatic heterocycles. The summed E-state index contributed by atoms with van der Waals surface area (Å²) in [5, 5.41) is 5.73. The molecular weight excluding hydrogens is 404 g/mol. The summed E-state index contributed by atoms with van der Waals surface area (Å²) in [4.78, 5) is 24.4. The molecule has 0 heterocycles. The molecule has 6 nitrogen and oxygen atoms in total. The SMILES string of the molecule is O=C(COc1ccccc1)N/N=C/c1ccc(OC(=O)c2cccc3ccccc23)cc1. The van der Waals surface area contributed by atoms with Gasteiger partial charge in [-0.2, -0.15) is 5.10 Å². The first kappa shape index (κ1) is 20.8. The second-order valence-electron chi connectivity index (χ2n) is 6.88. The van der Waals surface area contributed by atoms with Crippen molar-refractivity contribution in [2.24, 2.45) is 5.10 Å². The molecule has 0 aliphatic rings. The fourth-order valence-corrected chi connectivity index (χ4v) is 3.06. The van der Waals surface area contributed by atoms with E-state index < -0.39 is 5.97 Å². The number of nitrogens with zero attached hydrogens (tertiary/aromatic N) is 1. The fraction of sp³-hybridized carbons (Fsp3) is 0.0385. The third kappa shape index (κ3) is 5.37. The minimum Gasteiger partial charge on any atom is -0.484 e. The fourth-order valence-electron chi connectivity index (χ4n) is 3.06. The van der Waals surface area contributed by atoms with Gasteiger partial charge in [0.2, 0.25) is 0 Å². The zero-order chi connectivity index (χ0) is 22.2. The maximum absolute atomic E-state index is 12.6. The molecule has 0 spiro atoms. The number of fused-ring (bicyclic) bond motifs is 1. The van der Waals surface area contributed by atoms with Gasteiger partial charge in [-0.1, -0.05) is 54.6 Å². The number of amides is 1. The number of ether oxygens (including phenoxy) is 2. The Hall–Kier alpha value is -4.45. The maximum atomic E-state index is 12.6. The number of esters is 1. The second kappa shape index (κ2) is 10.0. The van der Waals surface area contributed by atoms with Crippen molar-refractivity contribution in [1.29, 1.82) is 0 Å². The number of hydrogen-bond acceptors (Lipinski definition) is 5. The third-order valence-electron chi connectivity index (χ3n) is 4.62. The number of hydrogen-bond donors (Lipinski definition) is 1. The van der Waals surface area contributed by atoms with Gasteiger partial charge in [0, 0.05) is 0 Å². The van der Waals surface area contributed by atoms with Crippen LogP contribution in [0, 0.1) is 0 Å². The summed E-state index contributed by atoms with van der Waals surface area (Å²) in [6.45, 7) is -0.135. The summed E-state index contributed by atoms with van der Waals surface area (Å²) in [5.74, 6) is 0.236. The minimum absolute atomic E-state index is 0.135. The van der Waals surface area contributed by atoms with E-state index in [4.69, 9.17) is 9.47 Å². The van der Waals surface area contributed by atoms with E-state index >= 15 is 0 Å². The van der Waals surface area contributed by atoms with Gasteiger partial charge in [-0.3, -0.25) is 4.79 Å². The van der Waals surface area contributed by atoms with Crippen LogP contribution in [0.5, 0.6) is 11.5 Å². The van der Waals surface area contributed by atoms with Crippen LogP contribution in [0.3, 0.4) is 0 Å². The molecule has 32 heavy (non-hydrogen) atoms. The molecule has 4 aromatic rings. The van der Waals surface area contributed by atoms with Crippen LogP contribution >= 0.6 is 0 Å². The summed E-state index contributed by atoms with van der Waals surface area (Å²) in [7, 11) is 0. The smallest absolute Gasteiger partial charge is 0.344 e. The van der Waals surface area contributed by atoms with Crippen LogP contribution in [0.2, 0.25) is 0 Å². The lowest BCUT2D eigenvalue weighted by Crippen LogP contribution is -2.24. The summed E-state index contributed by atoms with van der Waals surface area (Å²) in [6, 6.07) is 29.1. The first-order valence-corrected chi connectivity index (χ1v) is 9.99. The van der Waals surface area contributed by atoms with Crippen LogP contribution in [0.15, 0.2) is 102 Å². The van der Waals surface area contributed by atoms with Gasteiger partial charge < -0.3 is 9.47 Å². The van der Waals surface area contributed by atoms with Crippen molar-refractivity contribution in [3.05, 3.63) is 108 Å². The molecule has 0 fully saturated rings. The topological polar surface area (TPSA) is 77.0 Å². The van der Waals surface area contributed by atoms with E-state index in [0.717, 1.165) is 16.3 Å². The summed E-state index contributed by atoms with van der Waals surface area (Å²) in [6.07, 6.45) is 1.50. The molecule has 0 saturated carbocycles. The number of carbonyl (C=O) groups is 2. The van der Waals surface area contributed by atoms with Crippen molar-refractivity contribution >= 4 is 28.9 Å². The number of carbonyl (C=O) groups excluding carboxylic acids is 2. The monoisotopic (exact) mass is 424 g/mol. The Morgan fingerprint density at radius 3 is 2.31 bits per heavy atom. The quantitative estimate of drug-likeness (QED) is 0.204. The van der Waals surface area contributed by atoms with E-state index in [1.54, 1.807) is 42.5 Å². The lowest BCUT2D eigenvalue weighted by molar-refractivity contribution is -0.123. The molecule has 0 aliphatic carbocycles. The molecule has 158 valence electrons. The van der Waals surface area contributed by atoms with E-state index in [1.807, 2.05) is 54.6 Å². The first-order valence-electron chi connectivity index (χ1n) is 9.99. The van der Waals surface area contributed by atoms with Gasteiger partial charge in [-0.15, -0.1) is 0 Å². The molecule has 0 unspecified atom stereocenters. The minimum atomic E-state index is -0.422. The molecular formula is C26H20N2O4. The van der Waals surface area contributed by atoms with Crippen molar-refractivity contribution in [2.75, 3.05) is 6.61 Å². The van der Waals surface area contributed by atoms with E-state index in [2.05, 4.69) is 10.5 Å². The van der Waals surface area contributed by atoms with E-state index in [9.17, 15) is 9.59 Å². The maximum Gasteiger partial charge on any atom is 0.344 e. The zero-order valence-corrected chi connectivity index (χ0v) is 17.1. The van der Waals surface area contributed by atoms with Crippen molar-refractivity contribution < 1.29 is 19.1 Å². The van der Waals surface area contributed by atoms with Gasteiger partial charge in [0.25, 0.3) is 5.91 Å². The van der Waals surface area contributed by atoms with Crippen LogP contribution in [-0.2, 0) is 4.79 Å². The standard InChI is InChI=1S/C26H20N2O4/c29-25(18-31-21-9-2-1-3-10-21)28-27-17-19-13-15-22(16-14-19)32-26(30)24-12-6-8-20-7-4-5-11-23(20)24/h1-17H,18H2,(H,28,29)/b27-17+. The van der Waals surface area contributed by atoms with Crippen LogP contribution in [-0.4, -0.2) is 24.7 Å². The van der Waals surface area contributed by atoms with Gasteiger partial charge in [-0.25, -0.2) is 10.2 Å². The molecule has 0 saturated heterocycles. The predicted molar refractivity (Wildman–Crippen MR) is 123 cm³/mol. The van der Waals surface area contributed by atoms with Crippen LogP contribution in [0.1, 0.15) is 15.9 Å². The molecule has 6 heteroatoms. The van der Waals surface area contributed by atoms with Crippen LogP contribution < -0.4 is 14.9 Å². The van der Waals surface area contributed by atoms with Crippen LogP contribution in [0.4, 0.5) is 0 Å². The van der Waals surface area contributed by atoms with E-state index in [0.29, 0.717) is 17.1 Å². The number of benzene rings is 4. The number of para-hydroxylation sites is 1. The number of nitrogens with one attached hydrogen (secondary N) is 1. The Labute approximate surface area is 185 Å². The largest absolute Gasteiger partial charge is 0.484 e. The lowest BCUT2D eigenvalue weighted by atomic mass is 10.0.